The monoisotopic (exact) mass is 406 g/mol. The fourth-order valence-electron chi connectivity index (χ4n) is 3.92. The van der Waals surface area contributed by atoms with Crippen LogP contribution in [0, 0.1) is 17.2 Å². The number of benzene rings is 1. The topological polar surface area (TPSA) is 79.0 Å². The molecule has 30 heavy (non-hydrogen) atoms. The average Bonchev–Trinajstić information content (AvgIpc) is 3.12. The van der Waals surface area contributed by atoms with Gasteiger partial charge in [-0.1, -0.05) is 26.0 Å². The van der Waals surface area contributed by atoms with E-state index in [4.69, 9.17) is 5.26 Å². The van der Waals surface area contributed by atoms with Gasteiger partial charge in [0.1, 0.15) is 5.78 Å². The van der Waals surface area contributed by atoms with Crippen molar-refractivity contribution in [1.29, 1.82) is 5.26 Å². The summed E-state index contributed by atoms with van der Waals surface area (Å²) in [6, 6.07) is 11.6. The summed E-state index contributed by atoms with van der Waals surface area (Å²) in [5.41, 5.74) is 3.10. The van der Waals surface area contributed by atoms with E-state index < -0.39 is 0 Å². The molecule has 0 atom stereocenters. The predicted molar refractivity (Wildman–Crippen MR) is 115 cm³/mol. The molecule has 2 aromatic rings. The van der Waals surface area contributed by atoms with Crippen molar-refractivity contribution in [1.82, 2.24) is 14.7 Å². The first-order valence-electron chi connectivity index (χ1n) is 10.7. The summed E-state index contributed by atoms with van der Waals surface area (Å²) in [5, 5.41) is 13.3. The molecule has 0 radical (unpaired) electrons. The van der Waals surface area contributed by atoms with Crippen molar-refractivity contribution < 1.29 is 9.59 Å². The van der Waals surface area contributed by atoms with Crippen LogP contribution in [-0.2, 0) is 18.3 Å². The molecule has 2 heterocycles. The molecule has 3 rings (SSSR count). The lowest BCUT2D eigenvalue weighted by atomic mass is 9.89. The molecular formula is C24H30N4O2. The first kappa shape index (κ1) is 21.8. The van der Waals surface area contributed by atoms with Crippen LogP contribution in [0.1, 0.15) is 72.8 Å². The van der Waals surface area contributed by atoms with Crippen LogP contribution in [-0.4, -0.2) is 39.5 Å². The van der Waals surface area contributed by atoms with Gasteiger partial charge in [-0.3, -0.25) is 14.3 Å². The molecule has 0 unspecified atom stereocenters. The largest absolute Gasteiger partial charge is 0.337 e. The molecule has 0 aliphatic carbocycles. The number of rotatable bonds is 7. The van der Waals surface area contributed by atoms with Crippen LogP contribution < -0.4 is 0 Å². The third-order valence-corrected chi connectivity index (χ3v) is 5.87. The number of aryl methyl sites for hydroxylation is 1. The minimum atomic E-state index is -0.0650. The number of aromatic nitrogens is 2. The Balaban J connectivity index is 1.57. The molecule has 1 fully saturated rings. The Bertz CT molecular complexity index is 929. The molecule has 6 nitrogen and oxygen atoms in total. The number of nitriles is 1. The summed E-state index contributed by atoms with van der Waals surface area (Å²) in [4.78, 5) is 27.0. The SMILES string of the molecule is CC(C)CCC(=O)Cc1cc(C(=O)N2CCC(c3ccc(C#N)cc3)CC2)nn1C. The van der Waals surface area contributed by atoms with Crippen LogP contribution in [0.4, 0.5) is 0 Å². The minimum absolute atomic E-state index is 0.0650. The molecule has 0 N–H and O–H groups in total. The zero-order chi connectivity index (χ0) is 21.7. The molecule has 0 bridgehead atoms. The van der Waals surface area contributed by atoms with Gasteiger partial charge in [0.15, 0.2) is 5.69 Å². The smallest absolute Gasteiger partial charge is 0.274 e. The van der Waals surface area contributed by atoms with Crippen molar-refractivity contribution in [2.75, 3.05) is 13.1 Å². The van der Waals surface area contributed by atoms with E-state index in [9.17, 15) is 9.59 Å². The van der Waals surface area contributed by atoms with Crippen LogP contribution in [0.15, 0.2) is 30.3 Å². The fraction of sp³-hybridized carbons (Fsp3) is 0.500. The minimum Gasteiger partial charge on any atom is -0.337 e. The number of piperidine rings is 1. The number of hydrogen-bond acceptors (Lipinski definition) is 4. The van der Waals surface area contributed by atoms with Crippen LogP contribution in [0.3, 0.4) is 0 Å². The van der Waals surface area contributed by atoms with Crippen LogP contribution in [0.5, 0.6) is 0 Å². The third kappa shape index (κ3) is 5.35. The van der Waals surface area contributed by atoms with E-state index in [-0.39, 0.29) is 11.7 Å². The highest BCUT2D eigenvalue weighted by Crippen LogP contribution is 2.28. The molecule has 1 amide bonds. The van der Waals surface area contributed by atoms with Gasteiger partial charge >= 0.3 is 0 Å². The molecule has 0 spiro atoms. The van der Waals surface area contributed by atoms with E-state index in [0.717, 1.165) is 25.0 Å². The molecule has 1 aromatic heterocycles. The van der Waals surface area contributed by atoms with E-state index in [1.165, 1.54) is 5.56 Å². The Hall–Kier alpha value is -2.94. The lowest BCUT2D eigenvalue weighted by molar-refractivity contribution is -0.118. The summed E-state index contributed by atoms with van der Waals surface area (Å²) < 4.78 is 1.66. The number of hydrogen-bond donors (Lipinski definition) is 0. The van der Waals surface area contributed by atoms with E-state index >= 15 is 0 Å². The molecule has 0 saturated carbocycles. The first-order valence-corrected chi connectivity index (χ1v) is 10.7. The number of carbonyl (C=O) groups excluding carboxylic acids is 2. The Morgan fingerprint density at radius 3 is 2.47 bits per heavy atom. The Kier molecular flexibility index (Phi) is 7.04. The van der Waals surface area contributed by atoms with Crippen molar-refractivity contribution in [3.05, 3.63) is 52.8 Å². The maximum Gasteiger partial charge on any atom is 0.274 e. The molecule has 158 valence electrons. The van der Waals surface area contributed by atoms with Crippen molar-refractivity contribution in [2.24, 2.45) is 13.0 Å². The first-order chi connectivity index (χ1) is 14.4. The van der Waals surface area contributed by atoms with Crippen molar-refractivity contribution >= 4 is 11.7 Å². The highest BCUT2D eigenvalue weighted by molar-refractivity contribution is 5.93. The van der Waals surface area contributed by atoms with E-state index in [1.807, 2.05) is 29.2 Å². The van der Waals surface area contributed by atoms with Gasteiger partial charge in [-0.15, -0.1) is 0 Å². The number of ketones is 1. The maximum atomic E-state index is 12.9. The lowest BCUT2D eigenvalue weighted by Gasteiger charge is -2.31. The summed E-state index contributed by atoms with van der Waals surface area (Å²) >= 11 is 0. The number of carbonyl (C=O) groups is 2. The molecule has 1 aromatic carbocycles. The van der Waals surface area contributed by atoms with Gasteiger partial charge in [0, 0.05) is 38.7 Å². The second-order valence-corrected chi connectivity index (χ2v) is 8.59. The number of nitrogens with zero attached hydrogens (tertiary/aromatic N) is 4. The molecule has 1 aliphatic rings. The lowest BCUT2D eigenvalue weighted by Crippen LogP contribution is -2.38. The standard InChI is InChI=1S/C24H30N4O2/c1-17(2)4-9-22(29)14-21-15-23(26-27(21)3)24(30)28-12-10-20(11-13-28)19-7-5-18(16-25)6-8-19/h5-8,15,17,20H,4,9-14H2,1-3H3. The van der Waals surface area contributed by atoms with Gasteiger partial charge in [0.05, 0.1) is 11.6 Å². The number of likely N-dealkylation sites (tertiary alicyclic amines) is 1. The Morgan fingerprint density at radius 1 is 1.20 bits per heavy atom. The van der Waals surface area contributed by atoms with Gasteiger partial charge in [-0.2, -0.15) is 10.4 Å². The summed E-state index contributed by atoms with van der Waals surface area (Å²) in [7, 11) is 1.79. The zero-order valence-corrected chi connectivity index (χ0v) is 18.1. The Morgan fingerprint density at radius 2 is 1.87 bits per heavy atom. The summed E-state index contributed by atoms with van der Waals surface area (Å²) in [6.45, 7) is 5.59. The van der Waals surface area contributed by atoms with Gasteiger partial charge < -0.3 is 4.90 Å². The number of amides is 1. The zero-order valence-electron chi connectivity index (χ0n) is 18.1. The molecule has 1 saturated heterocycles. The molecular weight excluding hydrogens is 376 g/mol. The second kappa shape index (κ2) is 9.71. The maximum absolute atomic E-state index is 12.9. The quantitative estimate of drug-likeness (QED) is 0.699. The van der Waals surface area contributed by atoms with Crippen molar-refractivity contribution in [3.8, 4) is 6.07 Å². The van der Waals surface area contributed by atoms with E-state index in [2.05, 4.69) is 25.0 Å². The van der Waals surface area contributed by atoms with Crippen LogP contribution in [0.2, 0.25) is 0 Å². The summed E-state index contributed by atoms with van der Waals surface area (Å²) in [6.07, 6.45) is 3.56. The Labute approximate surface area is 178 Å². The highest BCUT2D eigenvalue weighted by atomic mass is 16.2. The second-order valence-electron chi connectivity index (χ2n) is 8.59. The van der Waals surface area contributed by atoms with Crippen molar-refractivity contribution in [2.45, 2.75) is 51.9 Å². The van der Waals surface area contributed by atoms with Crippen LogP contribution >= 0.6 is 0 Å². The van der Waals surface area contributed by atoms with Crippen LogP contribution in [0.25, 0.3) is 0 Å². The number of Topliss-reactive ketones (excluding diaryl/α,β-unsaturated/α-hetero) is 1. The fourth-order valence-corrected chi connectivity index (χ4v) is 3.92. The van der Waals surface area contributed by atoms with Crippen molar-refractivity contribution in [3.63, 3.8) is 0 Å². The molecule has 1 aliphatic heterocycles. The third-order valence-electron chi connectivity index (χ3n) is 5.87. The highest BCUT2D eigenvalue weighted by Gasteiger charge is 2.26. The van der Waals surface area contributed by atoms with Gasteiger partial charge in [0.2, 0.25) is 0 Å². The van der Waals surface area contributed by atoms with E-state index in [0.29, 0.717) is 49.0 Å². The van der Waals surface area contributed by atoms with E-state index in [1.54, 1.807) is 17.8 Å². The normalized spacial score (nSPS) is 14.7. The van der Waals surface area contributed by atoms with Gasteiger partial charge in [-0.25, -0.2) is 0 Å². The predicted octanol–water partition coefficient (Wildman–Crippen LogP) is 3.86. The molecule has 6 heteroatoms. The average molecular weight is 407 g/mol. The summed E-state index contributed by atoms with van der Waals surface area (Å²) in [5.74, 6) is 1.03. The van der Waals surface area contributed by atoms with Gasteiger partial charge in [-0.05, 0) is 54.9 Å². The van der Waals surface area contributed by atoms with Gasteiger partial charge in [0.25, 0.3) is 5.91 Å².